The topological polar surface area (TPSA) is 34.0 Å². The van der Waals surface area contributed by atoms with Crippen LogP contribution in [0.5, 0.6) is 0 Å². The summed E-state index contributed by atoms with van der Waals surface area (Å²) in [5.41, 5.74) is 2.37. The minimum Gasteiger partial charge on any atom is -0.292 e. The van der Waals surface area contributed by atoms with Gasteiger partial charge in [0.1, 0.15) is 4.32 Å². The number of aromatic nitrogens is 3. The average Bonchev–Trinajstić information content (AvgIpc) is 3.09. The Morgan fingerprint density at radius 1 is 1.00 bits per heavy atom. The van der Waals surface area contributed by atoms with Crippen molar-refractivity contribution in [3.63, 3.8) is 0 Å². The van der Waals surface area contributed by atoms with Crippen LogP contribution >= 0.6 is 35.7 Å². The van der Waals surface area contributed by atoms with Crippen molar-refractivity contribution >= 4 is 46.0 Å². The van der Waals surface area contributed by atoms with Crippen molar-refractivity contribution in [1.29, 1.82) is 0 Å². The Morgan fingerprint density at radius 2 is 1.62 bits per heavy atom. The molecule has 1 heterocycles. The zero-order chi connectivity index (χ0) is 18.4. The van der Waals surface area contributed by atoms with Gasteiger partial charge in [0.2, 0.25) is 11.1 Å². The van der Waals surface area contributed by atoms with Crippen LogP contribution in [0.1, 0.15) is 11.1 Å². The van der Waals surface area contributed by atoms with Crippen LogP contribution in [0.15, 0.2) is 65.8 Å². The third-order valence-corrected chi connectivity index (χ3v) is 5.64. The minimum atomic E-state index is 0.659. The van der Waals surface area contributed by atoms with E-state index in [0.717, 1.165) is 15.4 Å². The van der Waals surface area contributed by atoms with Crippen molar-refractivity contribution in [1.82, 2.24) is 14.8 Å². The molecule has 0 saturated carbocycles. The second kappa shape index (κ2) is 9.21. The highest BCUT2D eigenvalue weighted by Gasteiger charge is 2.20. The summed E-state index contributed by atoms with van der Waals surface area (Å²) in [6.45, 7) is 1.33. The zero-order valence-electron chi connectivity index (χ0n) is 14.7. The molecule has 26 heavy (non-hydrogen) atoms. The smallest absolute Gasteiger partial charge is 0.231 e. The molecule has 4 nitrogen and oxygen atoms in total. The first kappa shape index (κ1) is 18.9. The van der Waals surface area contributed by atoms with Gasteiger partial charge in [-0.3, -0.25) is 4.90 Å². The van der Waals surface area contributed by atoms with Crippen LogP contribution in [-0.4, -0.2) is 31.6 Å². The SMILES string of the molecule is CSC(=S)N(Cc1ccccc1)c1nc(SC)nn1Cc1ccccc1. The van der Waals surface area contributed by atoms with Gasteiger partial charge in [-0.2, -0.15) is 4.98 Å². The van der Waals surface area contributed by atoms with Gasteiger partial charge >= 0.3 is 0 Å². The maximum absolute atomic E-state index is 5.63. The van der Waals surface area contributed by atoms with E-state index in [9.17, 15) is 0 Å². The van der Waals surface area contributed by atoms with E-state index in [0.29, 0.717) is 13.1 Å². The number of thiocarbonyl (C=S) groups is 1. The van der Waals surface area contributed by atoms with Crippen LogP contribution in [0.3, 0.4) is 0 Å². The third kappa shape index (κ3) is 4.66. The van der Waals surface area contributed by atoms with Crippen LogP contribution < -0.4 is 4.90 Å². The van der Waals surface area contributed by atoms with Gasteiger partial charge < -0.3 is 0 Å². The van der Waals surface area contributed by atoms with E-state index in [2.05, 4.69) is 34.3 Å². The summed E-state index contributed by atoms with van der Waals surface area (Å²) in [6, 6.07) is 20.6. The summed E-state index contributed by atoms with van der Waals surface area (Å²) in [7, 11) is 0. The molecule has 0 atom stereocenters. The first-order valence-corrected chi connectivity index (χ1v) is 11.0. The van der Waals surface area contributed by atoms with E-state index >= 15 is 0 Å². The van der Waals surface area contributed by atoms with Crippen molar-refractivity contribution in [2.24, 2.45) is 0 Å². The summed E-state index contributed by atoms with van der Waals surface area (Å²) in [4.78, 5) is 6.79. The van der Waals surface area contributed by atoms with Gasteiger partial charge in [0, 0.05) is 0 Å². The van der Waals surface area contributed by atoms with Gasteiger partial charge in [-0.05, 0) is 23.6 Å². The van der Waals surface area contributed by atoms with Gasteiger partial charge in [-0.1, -0.05) is 96.4 Å². The van der Waals surface area contributed by atoms with Gasteiger partial charge in [0.25, 0.3) is 0 Å². The molecule has 7 heteroatoms. The van der Waals surface area contributed by atoms with Crippen LogP contribution in [0.25, 0.3) is 0 Å². The Hall–Kier alpha value is -1.83. The van der Waals surface area contributed by atoms with Crippen LogP contribution in [0.4, 0.5) is 5.95 Å². The molecule has 2 aromatic carbocycles. The Kier molecular flexibility index (Phi) is 6.71. The van der Waals surface area contributed by atoms with Crippen molar-refractivity contribution < 1.29 is 0 Å². The third-order valence-electron chi connectivity index (χ3n) is 3.81. The first-order chi connectivity index (χ1) is 12.7. The minimum absolute atomic E-state index is 0.659. The van der Waals surface area contributed by atoms with Gasteiger partial charge in [0.15, 0.2) is 0 Å². The molecule has 0 amide bonds. The highest BCUT2D eigenvalue weighted by Crippen LogP contribution is 2.23. The molecule has 0 aliphatic rings. The van der Waals surface area contributed by atoms with Crippen LogP contribution in [0.2, 0.25) is 0 Å². The number of nitrogens with zero attached hydrogens (tertiary/aromatic N) is 4. The number of hydrogen-bond donors (Lipinski definition) is 0. The lowest BCUT2D eigenvalue weighted by Gasteiger charge is -2.23. The number of benzene rings is 2. The zero-order valence-corrected chi connectivity index (χ0v) is 17.2. The van der Waals surface area contributed by atoms with Crippen LogP contribution in [-0.2, 0) is 13.1 Å². The molecule has 0 bridgehead atoms. The molecule has 3 aromatic rings. The summed E-state index contributed by atoms with van der Waals surface area (Å²) in [6.07, 6.45) is 3.98. The number of hydrogen-bond acceptors (Lipinski definition) is 5. The fourth-order valence-electron chi connectivity index (χ4n) is 2.56. The fourth-order valence-corrected chi connectivity index (χ4v) is 3.42. The molecular weight excluding hydrogens is 380 g/mol. The molecule has 3 rings (SSSR count). The van der Waals surface area contributed by atoms with Crippen molar-refractivity contribution in [3.8, 4) is 0 Å². The molecule has 0 N–H and O–H groups in total. The highest BCUT2D eigenvalue weighted by atomic mass is 32.2. The highest BCUT2D eigenvalue weighted by molar-refractivity contribution is 8.22. The van der Waals surface area contributed by atoms with Gasteiger partial charge in [0.05, 0.1) is 13.1 Å². The number of rotatable bonds is 6. The fraction of sp³-hybridized carbons (Fsp3) is 0.211. The lowest BCUT2D eigenvalue weighted by Crippen LogP contribution is -2.29. The van der Waals surface area contributed by atoms with E-state index in [-0.39, 0.29) is 0 Å². The molecular formula is C19H20N4S3. The Balaban J connectivity index is 1.97. The quantitative estimate of drug-likeness (QED) is 0.441. The molecule has 0 radical (unpaired) electrons. The molecule has 0 fully saturated rings. The summed E-state index contributed by atoms with van der Waals surface area (Å²) < 4.78 is 2.72. The Labute approximate surface area is 168 Å². The van der Waals surface area contributed by atoms with Crippen LogP contribution in [0, 0.1) is 0 Å². The normalized spacial score (nSPS) is 10.7. The van der Waals surface area contributed by atoms with Crippen molar-refractivity contribution in [3.05, 3.63) is 71.8 Å². The standard InChI is InChI=1S/C19H20N4S3/c1-25-17-20-18(23(21-17)14-16-11-7-4-8-12-16)22(19(24)26-2)13-15-9-5-3-6-10-15/h3-12H,13-14H2,1-2H3. The number of anilines is 1. The molecule has 1 aromatic heterocycles. The molecule has 0 unspecified atom stereocenters. The molecule has 0 saturated heterocycles. The molecule has 0 spiro atoms. The molecule has 0 aliphatic carbocycles. The lowest BCUT2D eigenvalue weighted by atomic mass is 10.2. The largest absolute Gasteiger partial charge is 0.292 e. The van der Waals surface area contributed by atoms with Gasteiger partial charge in [-0.15, -0.1) is 5.10 Å². The summed E-state index contributed by atoms with van der Waals surface area (Å²) >= 11 is 8.71. The van der Waals surface area contributed by atoms with E-state index in [1.165, 1.54) is 22.9 Å². The van der Waals surface area contributed by atoms with Gasteiger partial charge in [-0.25, -0.2) is 4.68 Å². The first-order valence-electron chi connectivity index (χ1n) is 8.13. The van der Waals surface area contributed by atoms with E-state index in [1.807, 2.05) is 53.6 Å². The Morgan fingerprint density at radius 3 is 2.19 bits per heavy atom. The second-order valence-electron chi connectivity index (χ2n) is 5.58. The average molecular weight is 401 g/mol. The van der Waals surface area contributed by atoms with E-state index in [1.54, 1.807) is 11.8 Å². The monoisotopic (exact) mass is 400 g/mol. The maximum atomic E-state index is 5.63. The Bertz CT molecular complexity index is 850. The van der Waals surface area contributed by atoms with E-state index < -0.39 is 0 Å². The lowest BCUT2D eigenvalue weighted by molar-refractivity contribution is 0.661. The van der Waals surface area contributed by atoms with Crippen molar-refractivity contribution in [2.45, 2.75) is 18.2 Å². The summed E-state index contributed by atoms with van der Waals surface area (Å²) in [5, 5.41) is 5.41. The number of thioether (sulfide) groups is 2. The van der Waals surface area contributed by atoms with E-state index in [4.69, 9.17) is 17.2 Å². The maximum Gasteiger partial charge on any atom is 0.231 e. The molecule has 134 valence electrons. The predicted molar refractivity (Wildman–Crippen MR) is 116 cm³/mol. The summed E-state index contributed by atoms with van der Waals surface area (Å²) in [5.74, 6) is 0.779. The van der Waals surface area contributed by atoms with Crippen molar-refractivity contribution in [2.75, 3.05) is 17.4 Å². The molecule has 0 aliphatic heterocycles. The second-order valence-corrected chi connectivity index (χ2v) is 7.80. The predicted octanol–water partition coefficient (Wildman–Crippen LogP) is 4.70.